The van der Waals surface area contributed by atoms with Crippen LogP contribution in [0.3, 0.4) is 0 Å². The van der Waals surface area contributed by atoms with Gasteiger partial charge in [0.2, 0.25) is 0 Å². The third kappa shape index (κ3) is 5.68. The second-order valence-electron chi connectivity index (χ2n) is 6.05. The molecule has 26 heavy (non-hydrogen) atoms. The highest BCUT2D eigenvalue weighted by Crippen LogP contribution is 2.13. The smallest absolute Gasteiger partial charge is 0.320 e. The summed E-state index contributed by atoms with van der Waals surface area (Å²) in [5.41, 5.74) is 10.9. The van der Waals surface area contributed by atoms with Crippen molar-refractivity contribution in [1.82, 2.24) is 14.9 Å². The largest absolute Gasteiger partial charge is 0.462 e. The van der Waals surface area contributed by atoms with E-state index in [1.54, 1.807) is 12.3 Å². The molecule has 8 heteroatoms. The Hall–Kier alpha value is -2.71. The van der Waals surface area contributed by atoms with Crippen LogP contribution in [0.5, 0.6) is 6.01 Å². The Morgan fingerprint density at radius 3 is 2.96 bits per heavy atom. The first-order valence-electron chi connectivity index (χ1n) is 8.62. The first-order valence-corrected chi connectivity index (χ1v) is 8.62. The summed E-state index contributed by atoms with van der Waals surface area (Å²) < 4.78 is 11.0. The molecule has 0 unspecified atom stereocenters. The van der Waals surface area contributed by atoms with E-state index >= 15 is 0 Å². The van der Waals surface area contributed by atoms with Crippen molar-refractivity contribution in [2.24, 2.45) is 5.10 Å². The van der Waals surface area contributed by atoms with Gasteiger partial charge in [0, 0.05) is 25.7 Å². The molecule has 0 bridgehead atoms. The van der Waals surface area contributed by atoms with Gasteiger partial charge in [0.1, 0.15) is 12.4 Å². The number of nitrogens with one attached hydrogen (secondary N) is 1. The summed E-state index contributed by atoms with van der Waals surface area (Å²) in [5, 5.41) is 4.19. The number of aryl methyl sites for hydroxylation is 1. The van der Waals surface area contributed by atoms with E-state index in [1.807, 2.05) is 31.2 Å². The molecule has 1 aromatic heterocycles. The van der Waals surface area contributed by atoms with Crippen molar-refractivity contribution in [3.8, 4) is 6.01 Å². The lowest BCUT2D eigenvalue weighted by molar-refractivity contribution is 0.0317. The lowest BCUT2D eigenvalue weighted by Crippen LogP contribution is -2.38. The van der Waals surface area contributed by atoms with Crippen molar-refractivity contribution in [1.29, 1.82) is 0 Å². The van der Waals surface area contributed by atoms with Crippen molar-refractivity contribution < 1.29 is 9.47 Å². The van der Waals surface area contributed by atoms with Crippen LogP contribution in [0.15, 0.2) is 35.4 Å². The van der Waals surface area contributed by atoms with Crippen LogP contribution in [0.1, 0.15) is 11.1 Å². The molecular formula is C18H24N6O2. The summed E-state index contributed by atoms with van der Waals surface area (Å²) in [6.07, 6.45) is 1.73. The van der Waals surface area contributed by atoms with Crippen LogP contribution in [-0.2, 0) is 4.74 Å². The van der Waals surface area contributed by atoms with Crippen LogP contribution in [-0.4, -0.2) is 60.5 Å². The predicted molar refractivity (Wildman–Crippen MR) is 102 cm³/mol. The molecule has 0 atom stereocenters. The Bertz CT molecular complexity index is 746. The van der Waals surface area contributed by atoms with Crippen LogP contribution in [0, 0.1) is 6.92 Å². The second-order valence-corrected chi connectivity index (χ2v) is 6.05. The lowest BCUT2D eigenvalue weighted by atomic mass is 10.2. The molecule has 138 valence electrons. The highest BCUT2D eigenvalue weighted by Gasteiger charge is 2.10. The molecule has 2 aromatic rings. The summed E-state index contributed by atoms with van der Waals surface area (Å²) in [6.45, 7) is 6.70. The van der Waals surface area contributed by atoms with Gasteiger partial charge in [0.05, 0.1) is 19.4 Å². The fourth-order valence-corrected chi connectivity index (χ4v) is 2.58. The highest BCUT2D eigenvalue weighted by molar-refractivity contribution is 5.80. The fraction of sp³-hybridized carbons (Fsp3) is 0.389. The number of nitrogens with zero attached hydrogens (tertiary/aromatic N) is 4. The molecule has 0 amide bonds. The maximum atomic E-state index is 5.83. The predicted octanol–water partition coefficient (Wildman–Crippen LogP) is 1.52. The molecule has 3 N–H and O–H groups in total. The van der Waals surface area contributed by atoms with Gasteiger partial charge in [-0.25, -0.2) is 0 Å². The number of hydrogen-bond donors (Lipinski definition) is 2. The minimum atomic E-state index is 0.242. The number of hydrazone groups is 1. The molecule has 0 aliphatic carbocycles. The second kappa shape index (κ2) is 9.12. The number of anilines is 2. The van der Waals surface area contributed by atoms with E-state index in [9.17, 15) is 0 Å². The van der Waals surface area contributed by atoms with Gasteiger partial charge in [-0.05, 0) is 12.5 Å². The quantitative estimate of drug-likeness (QED) is 0.573. The number of morpholine rings is 1. The van der Waals surface area contributed by atoms with Crippen molar-refractivity contribution >= 4 is 17.9 Å². The SMILES string of the molecule is Cc1cccc(/C=N/Nc2cc(N)nc(OCCN3CCOCC3)n2)c1. The third-order valence-corrected chi connectivity index (χ3v) is 3.90. The number of nitrogen functional groups attached to an aromatic ring is 1. The van der Waals surface area contributed by atoms with Gasteiger partial charge in [-0.15, -0.1) is 0 Å². The molecule has 1 saturated heterocycles. The molecule has 0 radical (unpaired) electrons. The van der Waals surface area contributed by atoms with E-state index in [0.29, 0.717) is 18.2 Å². The van der Waals surface area contributed by atoms with E-state index in [0.717, 1.165) is 38.4 Å². The molecule has 0 spiro atoms. The summed E-state index contributed by atoms with van der Waals surface area (Å²) in [4.78, 5) is 10.7. The van der Waals surface area contributed by atoms with Gasteiger partial charge in [0.25, 0.3) is 0 Å². The van der Waals surface area contributed by atoms with E-state index in [-0.39, 0.29) is 6.01 Å². The van der Waals surface area contributed by atoms with Crippen molar-refractivity contribution in [2.45, 2.75) is 6.92 Å². The molecule has 8 nitrogen and oxygen atoms in total. The molecule has 2 heterocycles. The Balaban J connectivity index is 1.53. The summed E-state index contributed by atoms with van der Waals surface area (Å²) >= 11 is 0. The van der Waals surface area contributed by atoms with Crippen LogP contribution in [0.4, 0.5) is 11.6 Å². The summed E-state index contributed by atoms with van der Waals surface area (Å²) in [7, 11) is 0. The first kappa shape index (κ1) is 18.1. The van der Waals surface area contributed by atoms with Gasteiger partial charge in [-0.3, -0.25) is 10.3 Å². The average molecular weight is 356 g/mol. The maximum Gasteiger partial charge on any atom is 0.320 e. The van der Waals surface area contributed by atoms with Crippen molar-refractivity contribution in [3.05, 3.63) is 41.5 Å². The van der Waals surface area contributed by atoms with Gasteiger partial charge >= 0.3 is 6.01 Å². The zero-order valence-electron chi connectivity index (χ0n) is 14.9. The molecule has 1 fully saturated rings. The first-order chi connectivity index (χ1) is 12.7. The summed E-state index contributed by atoms with van der Waals surface area (Å²) in [5.74, 6) is 0.817. The molecule has 1 aliphatic rings. The maximum absolute atomic E-state index is 5.83. The highest BCUT2D eigenvalue weighted by atomic mass is 16.5. The Kier molecular flexibility index (Phi) is 6.34. The lowest BCUT2D eigenvalue weighted by Gasteiger charge is -2.26. The fourth-order valence-electron chi connectivity index (χ4n) is 2.58. The number of nitrogens with two attached hydrogens (primary N) is 1. The van der Waals surface area contributed by atoms with Gasteiger partial charge in [-0.2, -0.15) is 15.1 Å². The molecule has 3 rings (SSSR count). The van der Waals surface area contributed by atoms with Crippen LogP contribution < -0.4 is 15.9 Å². The minimum absolute atomic E-state index is 0.242. The Labute approximate surface area is 153 Å². The normalized spacial score (nSPS) is 15.3. The van der Waals surface area contributed by atoms with Gasteiger partial charge in [0.15, 0.2) is 5.82 Å². The average Bonchev–Trinajstić information content (AvgIpc) is 2.62. The van der Waals surface area contributed by atoms with E-state index in [4.69, 9.17) is 15.2 Å². The molecular weight excluding hydrogens is 332 g/mol. The Morgan fingerprint density at radius 2 is 2.15 bits per heavy atom. The van der Waals surface area contributed by atoms with Gasteiger partial charge < -0.3 is 15.2 Å². The topological polar surface area (TPSA) is 97.9 Å². The number of benzene rings is 1. The number of rotatable bonds is 7. The van der Waals surface area contributed by atoms with E-state index in [2.05, 4.69) is 25.4 Å². The zero-order valence-corrected chi connectivity index (χ0v) is 14.9. The van der Waals surface area contributed by atoms with Gasteiger partial charge in [-0.1, -0.05) is 29.8 Å². The van der Waals surface area contributed by atoms with E-state index in [1.165, 1.54) is 5.56 Å². The standard InChI is InChI=1S/C18H24N6O2/c1-14-3-2-4-15(11-14)13-20-23-17-12-16(19)21-18(22-17)26-10-7-24-5-8-25-9-6-24/h2-4,11-13H,5-10H2,1H3,(H3,19,21,22,23)/b20-13+. The third-order valence-electron chi connectivity index (χ3n) is 3.90. The van der Waals surface area contributed by atoms with Crippen LogP contribution >= 0.6 is 0 Å². The van der Waals surface area contributed by atoms with Crippen molar-refractivity contribution in [3.63, 3.8) is 0 Å². The summed E-state index contributed by atoms with van der Waals surface area (Å²) in [6, 6.07) is 9.90. The molecule has 1 aliphatic heterocycles. The number of hydrogen-bond acceptors (Lipinski definition) is 8. The minimum Gasteiger partial charge on any atom is -0.462 e. The number of ether oxygens (including phenoxy) is 2. The Morgan fingerprint density at radius 1 is 1.31 bits per heavy atom. The molecule has 1 aromatic carbocycles. The van der Waals surface area contributed by atoms with Crippen molar-refractivity contribution in [2.75, 3.05) is 50.6 Å². The number of aromatic nitrogens is 2. The van der Waals surface area contributed by atoms with Crippen LogP contribution in [0.25, 0.3) is 0 Å². The zero-order chi connectivity index (χ0) is 18.2. The van der Waals surface area contributed by atoms with E-state index < -0.39 is 0 Å². The van der Waals surface area contributed by atoms with Crippen LogP contribution in [0.2, 0.25) is 0 Å². The molecule has 0 saturated carbocycles. The monoisotopic (exact) mass is 356 g/mol.